The van der Waals surface area contributed by atoms with Crippen LogP contribution >= 0.6 is 0 Å². The van der Waals surface area contributed by atoms with Crippen LogP contribution in [0.1, 0.15) is 24.5 Å². The summed E-state index contributed by atoms with van der Waals surface area (Å²) >= 11 is 0. The molecule has 1 aromatic heterocycles. The number of hydrogen-bond acceptors (Lipinski definition) is 4. The molecular formula is C18H19N3O. The topological polar surface area (TPSA) is 60.5 Å². The highest BCUT2D eigenvalue weighted by Crippen LogP contribution is 2.41. The minimum atomic E-state index is -0.190. The summed E-state index contributed by atoms with van der Waals surface area (Å²) in [7, 11) is 0. The summed E-state index contributed by atoms with van der Waals surface area (Å²) in [5.74, 6) is 0. The van der Waals surface area contributed by atoms with Gasteiger partial charge in [0.2, 0.25) is 0 Å². The summed E-state index contributed by atoms with van der Waals surface area (Å²) in [5, 5.41) is 0. The zero-order valence-electron chi connectivity index (χ0n) is 12.6. The number of hydrogen-bond donors (Lipinski definition) is 1. The predicted molar refractivity (Wildman–Crippen MR) is 86.6 cm³/mol. The first-order valence-electron chi connectivity index (χ1n) is 7.71. The van der Waals surface area contributed by atoms with Gasteiger partial charge in [-0.1, -0.05) is 24.3 Å². The molecule has 22 heavy (non-hydrogen) atoms. The summed E-state index contributed by atoms with van der Waals surface area (Å²) < 4.78 is 5.60. The van der Waals surface area contributed by atoms with Crippen molar-refractivity contribution in [3.8, 4) is 11.1 Å². The maximum Gasteiger partial charge on any atom is 0.282 e. The number of amidine groups is 1. The molecule has 0 amide bonds. The van der Waals surface area contributed by atoms with E-state index in [4.69, 9.17) is 10.5 Å². The van der Waals surface area contributed by atoms with E-state index in [1.54, 1.807) is 0 Å². The van der Waals surface area contributed by atoms with Gasteiger partial charge in [0.25, 0.3) is 6.02 Å². The first-order chi connectivity index (χ1) is 10.7. The SMILES string of the molecule is C[C@H]1OC(N)=N[C@@]12CCc1c(cccc1-c1cccnc1)C2. The molecule has 112 valence electrons. The second-order valence-corrected chi connectivity index (χ2v) is 6.18. The molecule has 1 aromatic carbocycles. The smallest absolute Gasteiger partial charge is 0.282 e. The van der Waals surface area contributed by atoms with Gasteiger partial charge in [0.1, 0.15) is 11.6 Å². The number of aliphatic imine (C=N–C) groups is 1. The summed E-state index contributed by atoms with van der Waals surface area (Å²) in [6.45, 7) is 2.07. The molecule has 0 radical (unpaired) electrons. The van der Waals surface area contributed by atoms with E-state index in [-0.39, 0.29) is 11.6 Å². The van der Waals surface area contributed by atoms with Crippen LogP contribution in [0, 0.1) is 0 Å². The van der Waals surface area contributed by atoms with Gasteiger partial charge < -0.3 is 10.5 Å². The minimum absolute atomic E-state index is 0.0442. The van der Waals surface area contributed by atoms with Crippen LogP contribution in [0.2, 0.25) is 0 Å². The second-order valence-electron chi connectivity index (χ2n) is 6.18. The molecule has 2 heterocycles. The van der Waals surface area contributed by atoms with Gasteiger partial charge in [0, 0.05) is 24.4 Å². The maximum atomic E-state index is 5.79. The molecule has 1 aliphatic carbocycles. The van der Waals surface area contributed by atoms with Crippen molar-refractivity contribution in [3.05, 3.63) is 53.9 Å². The van der Waals surface area contributed by atoms with Crippen molar-refractivity contribution in [3.63, 3.8) is 0 Å². The molecule has 0 saturated carbocycles. The molecular weight excluding hydrogens is 274 g/mol. The van der Waals surface area contributed by atoms with Crippen molar-refractivity contribution < 1.29 is 4.74 Å². The minimum Gasteiger partial charge on any atom is -0.460 e. The van der Waals surface area contributed by atoms with Crippen LogP contribution in [0.15, 0.2) is 47.7 Å². The number of rotatable bonds is 1. The third-order valence-electron chi connectivity index (χ3n) is 4.94. The average molecular weight is 293 g/mol. The van der Waals surface area contributed by atoms with Gasteiger partial charge in [-0.05, 0) is 42.5 Å². The first kappa shape index (κ1) is 13.3. The van der Waals surface area contributed by atoms with Crippen LogP contribution in [0.25, 0.3) is 11.1 Å². The van der Waals surface area contributed by atoms with Crippen LogP contribution in [-0.2, 0) is 17.6 Å². The fourth-order valence-electron chi connectivity index (χ4n) is 3.72. The number of nitrogens with two attached hydrogens (primary N) is 1. The van der Waals surface area contributed by atoms with Crippen molar-refractivity contribution >= 4 is 6.02 Å². The number of ether oxygens (including phenoxy) is 1. The number of benzene rings is 1. The Morgan fingerprint density at radius 3 is 2.91 bits per heavy atom. The summed E-state index contributed by atoms with van der Waals surface area (Å²) in [6, 6.07) is 10.9. The zero-order valence-corrected chi connectivity index (χ0v) is 12.6. The lowest BCUT2D eigenvalue weighted by atomic mass is 9.74. The van der Waals surface area contributed by atoms with Crippen LogP contribution in [0.3, 0.4) is 0 Å². The van der Waals surface area contributed by atoms with E-state index in [0.29, 0.717) is 6.02 Å². The Kier molecular flexibility index (Phi) is 2.93. The lowest BCUT2D eigenvalue weighted by molar-refractivity contribution is 0.140. The summed E-state index contributed by atoms with van der Waals surface area (Å²) in [4.78, 5) is 8.87. The van der Waals surface area contributed by atoms with Crippen LogP contribution in [0.4, 0.5) is 0 Å². The van der Waals surface area contributed by atoms with E-state index in [1.165, 1.54) is 22.3 Å². The molecule has 1 spiro atoms. The molecule has 0 saturated heterocycles. The fraction of sp³-hybridized carbons (Fsp3) is 0.333. The van der Waals surface area contributed by atoms with Crippen LogP contribution in [-0.4, -0.2) is 22.6 Å². The van der Waals surface area contributed by atoms with Crippen molar-refractivity contribution in [2.75, 3.05) is 0 Å². The number of nitrogens with zero attached hydrogens (tertiary/aromatic N) is 2. The predicted octanol–water partition coefficient (Wildman–Crippen LogP) is 2.71. The van der Waals surface area contributed by atoms with E-state index in [2.05, 4.69) is 41.2 Å². The molecule has 0 fully saturated rings. The Balaban J connectivity index is 1.76. The monoisotopic (exact) mass is 293 g/mol. The Bertz CT molecular complexity index is 741. The van der Waals surface area contributed by atoms with Gasteiger partial charge in [-0.3, -0.25) is 4.98 Å². The van der Waals surface area contributed by atoms with Crippen molar-refractivity contribution in [1.29, 1.82) is 0 Å². The van der Waals surface area contributed by atoms with E-state index >= 15 is 0 Å². The highest BCUT2D eigenvalue weighted by atomic mass is 16.5. The highest BCUT2D eigenvalue weighted by molar-refractivity contribution is 5.75. The fourth-order valence-corrected chi connectivity index (χ4v) is 3.72. The van der Waals surface area contributed by atoms with Crippen molar-refractivity contribution in [2.45, 2.75) is 37.8 Å². The van der Waals surface area contributed by atoms with E-state index in [9.17, 15) is 0 Å². The second kappa shape index (κ2) is 4.83. The molecule has 1 aliphatic heterocycles. The molecule has 2 aliphatic rings. The quantitative estimate of drug-likeness (QED) is 0.879. The standard InChI is InChI=1S/C18H19N3O/c1-12-18(21-17(19)22-12)8-7-16-13(10-18)4-2-6-15(16)14-5-3-9-20-11-14/h2-6,9,11-12H,7-8,10H2,1H3,(H2,19,21)/t12-,18-/m1/s1. The van der Waals surface area contributed by atoms with E-state index in [1.807, 2.05) is 18.5 Å². The number of fused-ring (bicyclic) bond motifs is 1. The largest absolute Gasteiger partial charge is 0.460 e. The number of pyridine rings is 1. The van der Waals surface area contributed by atoms with Crippen LogP contribution < -0.4 is 5.73 Å². The number of aromatic nitrogens is 1. The lowest BCUT2D eigenvalue weighted by Gasteiger charge is -2.35. The Hall–Kier alpha value is -2.36. The van der Waals surface area contributed by atoms with Gasteiger partial charge in [0.05, 0.1) is 0 Å². The van der Waals surface area contributed by atoms with Crippen LogP contribution in [0.5, 0.6) is 0 Å². The average Bonchev–Trinajstić information content (AvgIpc) is 2.80. The molecule has 4 heteroatoms. The summed E-state index contributed by atoms with van der Waals surface area (Å²) in [6.07, 6.45) is 6.63. The third-order valence-corrected chi connectivity index (χ3v) is 4.94. The molecule has 4 rings (SSSR count). The maximum absolute atomic E-state index is 5.79. The molecule has 2 atom stereocenters. The van der Waals surface area contributed by atoms with Gasteiger partial charge in [-0.2, -0.15) is 0 Å². The third kappa shape index (κ3) is 1.98. The molecule has 2 N–H and O–H groups in total. The van der Waals surface area contributed by atoms with Gasteiger partial charge >= 0.3 is 0 Å². The molecule has 4 nitrogen and oxygen atoms in total. The normalized spacial score (nSPS) is 26.4. The van der Waals surface area contributed by atoms with Crippen molar-refractivity contribution in [2.24, 2.45) is 10.7 Å². The summed E-state index contributed by atoms with van der Waals surface area (Å²) in [5.41, 5.74) is 10.8. The van der Waals surface area contributed by atoms with E-state index < -0.39 is 0 Å². The van der Waals surface area contributed by atoms with E-state index in [0.717, 1.165) is 19.3 Å². The molecule has 0 bridgehead atoms. The van der Waals surface area contributed by atoms with Gasteiger partial charge in [0.15, 0.2) is 0 Å². The molecule has 2 aromatic rings. The highest BCUT2D eigenvalue weighted by Gasteiger charge is 2.45. The first-order valence-corrected chi connectivity index (χ1v) is 7.71. The Labute approximate surface area is 130 Å². The van der Waals surface area contributed by atoms with Gasteiger partial charge in [-0.15, -0.1) is 0 Å². The zero-order chi connectivity index (χ0) is 15.2. The van der Waals surface area contributed by atoms with Crippen molar-refractivity contribution in [1.82, 2.24) is 4.98 Å². The molecule has 0 unspecified atom stereocenters. The lowest BCUT2D eigenvalue weighted by Crippen LogP contribution is -2.41. The Morgan fingerprint density at radius 1 is 1.27 bits per heavy atom. The Morgan fingerprint density at radius 2 is 2.18 bits per heavy atom. The van der Waals surface area contributed by atoms with Gasteiger partial charge in [-0.25, -0.2) is 4.99 Å².